The zero-order chi connectivity index (χ0) is 19.3. The van der Waals surface area contributed by atoms with E-state index in [-0.39, 0.29) is 30.4 Å². The monoisotopic (exact) mass is 431 g/mol. The number of piperazine rings is 1. The van der Waals surface area contributed by atoms with Gasteiger partial charge < -0.3 is 15.2 Å². The van der Waals surface area contributed by atoms with Gasteiger partial charge >= 0.3 is 0 Å². The lowest BCUT2D eigenvalue weighted by Crippen LogP contribution is -2.50. The number of nitrogens with one attached hydrogen (secondary N) is 2. The molecule has 1 amide bonds. The van der Waals surface area contributed by atoms with Gasteiger partial charge in [0.05, 0.1) is 18.6 Å². The summed E-state index contributed by atoms with van der Waals surface area (Å²) in [6.45, 7) is 2.85. The van der Waals surface area contributed by atoms with E-state index in [0.717, 1.165) is 35.9 Å². The van der Waals surface area contributed by atoms with Crippen LogP contribution in [0.4, 0.5) is 0 Å². The minimum Gasteiger partial charge on any atom is -0.343 e. The van der Waals surface area contributed by atoms with Crippen molar-refractivity contribution in [3.8, 4) is 0 Å². The van der Waals surface area contributed by atoms with E-state index < -0.39 is 0 Å². The second kappa shape index (κ2) is 10.0. The first-order valence-corrected chi connectivity index (χ1v) is 10.4. The summed E-state index contributed by atoms with van der Waals surface area (Å²) in [4.78, 5) is 20.8. The molecule has 3 heterocycles. The minimum absolute atomic E-state index is 0. The van der Waals surface area contributed by atoms with E-state index >= 15 is 0 Å². The third kappa shape index (κ3) is 5.05. The minimum atomic E-state index is -0.122. The van der Waals surface area contributed by atoms with E-state index in [9.17, 15) is 4.79 Å². The molecule has 2 unspecified atom stereocenters. The van der Waals surface area contributed by atoms with Crippen molar-refractivity contribution in [2.75, 3.05) is 26.2 Å². The number of carbonyl (C=O) groups is 1. The Balaban J connectivity index is 0.00000240. The Bertz CT molecular complexity index is 899. The third-order valence-electron chi connectivity index (χ3n) is 5.12. The zero-order valence-electron chi connectivity index (χ0n) is 16.3. The van der Waals surface area contributed by atoms with E-state index in [0.29, 0.717) is 6.54 Å². The van der Waals surface area contributed by atoms with Crippen molar-refractivity contribution in [3.63, 3.8) is 0 Å². The molecule has 8 heteroatoms. The standard InChI is InChI=1S/C21H25N5OS.ClH/c1-25-11-10-23-21(25)17-14-22-9-12-26(17)15-19(27)24-20(18-8-5-13-28-18)16-6-3-2-4-7-16;/h2-8,10-11,13,17,20,22H,9,12,14-15H2,1H3,(H,24,27);1H. The third-order valence-corrected chi connectivity index (χ3v) is 6.06. The van der Waals surface area contributed by atoms with Crippen molar-refractivity contribution in [3.05, 3.63) is 76.5 Å². The van der Waals surface area contributed by atoms with Crippen LogP contribution in [-0.4, -0.2) is 46.5 Å². The molecular weight excluding hydrogens is 406 g/mol. The fourth-order valence-electron chi connectivity index (χ4n) is 3.70. The fourth-order valence-corrected chi connectivity index (χ4v) is 4.50. The zero-order valence-corrected chi connectivity index (χ0v) is 18.0. The van der Waals surface area contributed by atoms with Crippen molar-refractivity contribution in [1.29, 1.82) is 0 Å². The summed E-state index contributed by atoms with van der Waals surface area (Å²) >= 11 is 1.66. The van der Waals surface area contributed by atoms with Crippen molar-refractivity contribution in [1.82, 2.24) is 25.1 Å². The molecule has 1 fully saturated rings. The van der Waals surface area contributed by atoms with Gasteiger partial charge in [-0.05, 0) is 17.0 Å². The number of aryl methyl sites for hydroxylation is 1. The highest BCUT2D eigenvalue weighted by atomic mass is 35.5. The normalized spacial score (nSPS) is 18.0. The molecule has 2 atom stereocenters. The maximum atomic E-state index is 13.0. The SMILES string of the molecule is Cl.Cn1ccnc1C1CNCCN1CC(=O)NC(c1ccccc1)c1cccs1. The molecule has 2 aromatic heterocycles. The molecule has 0 bridgehead atoms. The molecule has 0 aliphatic carbocycles. The number of thiophene rings is 1. The fraction of sp³-hybridized carbons (Fsp3) is 0.333. The van der Waals surface area contributed by atoms with Gasteiger partial charge in [0.1, 0.15) is 5.82 Å². The highest BCUT2D eigenvalue weighted by Gasteiger charge is 2.29. The van der Waals surface area contributed by atoms with E-state index in [4.69, 9.17) is 0 Å². The van der Waals surface area contributed by atoms with Crippen LogP contribution < -0.4 is 10.6 Å². The average molecular weight is 432 g/mol. The number of aromatic nitrogens is 2. The van der Waals surface area contributed by atoms with E-state index in [1.54, 1.807) is 11.3 Å². The van der Waals surface area contributed by atoms with Crippen molar-refractivity contribution in [2.24, 2.45) is 7.05 Å². The van der Waals surface area contributed by atoms with Gasteiger partial charge in [-0.1, -0.05) is 36.4 Å². The molecule has 3 aromatic rings. The van der Waals surface area contributed by atoms with Crippen LogP contribution in [0.2, 0.25) is 0 Å². The van der Waals surface area contributed by atoms with Gasteiger partial charge in [0.2, 0.25) is 5.91 Å². The highest BCUT2D eigenvalue weighted by molar-refractivity contribution is 7.10. The average Bonchev–Trinajstić information content (AvgIpc) is 3.39. The second-order valence-corrected chi connectivity index (χ2v) is 7.99. The number of benzene rings is 1. The Morgan fingerprint density at radius 3 is 2.83 bits per heavy atom. The molecule has 4 rings (SSSR count). The molecular formula is C21H26ClN5OS. The predicted molar refractivity (Wildman–Crippen MR) is 118 cm³/mol. The van der Waals surface area contributed by atoms with Crippen molar-refractivity contribution < 1.29 is 4.79 Å². The summed E-state index contributed by atoms with van der Waals surface area (Å²) in [7, 11) is 2.00. The second-order valence-electron chi connectivity index (χ2n) is 7.01. The van der Waals surface area contributed by atoms with Crippen molar-refractivity contribution >= 4 is 29.7 Å². The van der Waals surface area contributed by atoms with Crippen LogP contribution in [0.3, 0.4) is 0 Å². The largest absolute Gasteiger partial charge is 0.343 e. The predicted octanol–water partition coefficient (Wildman–Crippen LogP) is 2.76. The number of hydrogen-bond acceptors (Lipinski definition) is 5. The van der Waals surface area contributed by atoms with E-state index in [2.05, 4.69) is 38.7 Å². The number of hydrogen-bond donors (Lipinski definition) is 2. The van der Waals surface area contributed by atoms with Crippen molar-refractivity contribution in [2.45, 2.75) is 12.1 Å². The van der Waals surface area contributed by atoms with Crippen LogP contribution in [0.5, 0.6) is 0 Å². The number of imidazole rings is 1. The molecule has 6 nitrogen and oxygen atoms in total. The Labute approximate surface area is 181 Å². The Morgan fingerprint density at radius 2 is 2.14 bits per heavy atom. The summed E-state index contributed by atoms with van der Waals surface area (Å²) < 4.78 is 2.03. The highest BCUT2D eigenvalue weighted by Crippen LogP contribution is 2.26. The van der Waals surface area contributed by atoms with Crippen LogP contribution in [-0.2, 0) is 11.8 Å². The van der Waals surface area contributed by atoms with Gasteiger partial charge in [-0.3, -0.25) is 9.69 Å². The summed E-state index contributed by atoms with van der Waals surface area (Å²) in [5.41, 5.74) is 1.10. The maximum absolute atomic E-state index is 13.0. The van der Waals surface area contributed by atoms with E-state index in [1.807, 2.05) is 53.7 Å². The summed E-state index contributed by atoms with van der Waals surface area (Å²) in [5.74, 6) is 1.02. The summed E-state index contributed by atoms with van der Waals surface area (Å²) in [5, 5.41) is 8.71. The lowest BCUT2D eigenvalue weighted by Gasteiger charge is -2.35. The van der Waals surface area contributed by atoms with Gasteiger partial charge in [0, 0.05) is 44.0 Å². The molecule has 1 saturated heterocycles. The Kier molecular flexibility index (Phi) is 7.44. The molecule has 0 spiro atoms. The molecule has 154 valence electrons. The Morgan fingerprint density at radius 1 is 1.31 bits per heavy atom. The van der Waals surface area contributed by atoms with Gasteiger partial charge in [-0.15, -0.1) is 23.7 Å². The number of halogens is 1. The molecule has 0 radical (unpaired) electrons. The number of nitrogens with zero attached hydrogens (tertiary/aromatic N) is 3. The molecule has 2 N–H and O–H groups in total. The first-order valence-electron chi connectivity index (χ1n) is 9.52. The summed E-state index contributed by atoms with van der Waals surface area (Å²) in [6, 6.07) is 14.2. The van der Waals surface area contributed by atoms with Gasteiger partial charge in [0.15, 0.2) is 0 Å². The van der Waals surface area contributed by atoms with Crippen LogP contribution >= 0.6 is 23.7 Å². The molecule has 1 aromatic carbocycles. The smallest absolute Gasteiger partial charge is 0.234 e. The van der Waals surface area contributed by atoms with Crippen LogP contribution in [0.15, 0.2) is 60.2 Å². The van der Waals surface area contributed by atoms with Crippen LogP contribution in [0, 0.1) is 0 Å². The number of carbonyl (C=O) groups excluding carboxylic acids is 1. The number of rotatable bonds is 6. The quantitative estimate of drug-likeness (QED) is 0.630. The summed E-state index contributed by atoms with van der Waals surface area (Å²) in [6.07, 6.45) is 3.76. The van der Waals surface area contributed by atoms with Gasteiger partial charge in [-0.2, -0.15) is 0 Å². The van der Waals surface area contributed by atoms with Crippen LogP contribution in [0.25, 0.3) is 0 Å². The molecule has 1 aliphatic rings. The molecule has 1 aliphatic heterocycles. The van der Waals surface area contributed by atoms with Gasteiger partial charge in [0.25, 0.3) is 0 Å². The van der Waals surface area contributed by atoms with Gasteiger partial charge in [-0.25, -0.2) is 4.98 Å². The lowest BCUT2D eigenvalue weighted by atomic mass is 10.1. The topological polar surface area (TPSA) is 62.2 Å². The Hall–Kier alpha value is -2.19. The maximum Gasteiger partial charge on any atom is 0.234 e. The molecule has 0 saturated carbocycles. The first kappa shape index (κ1) is 21.5. The van der Waals surface area contributed by atoms with Crippen LogP contribution in [0.1, 0.15) is 28.3 Å². The van der Waals surface area contributed by atoms with E-state index in [1.165, 1.54) is 0 Å². The number of amides is 1. The molecule has 29 heavy (non-hydrogen) atoms. The lowest BCUT2D eigenvalue weighted by molar-refractivity contribution is -0.123. The first-order chi connectivity index (χ1) is 13.7.